The molecule has 0 aliphatic rings. The molecule has 1 atom stereocenters. The van der Waals surface area contributed by atoms with Crippen LogP contribution >= 0.6 is 50.5 Å². The van der Waals surface area contributed by atoms with Crippen molar-refractivity contribution in [3.05, 3.63) is 49.0 Å². The van der Waals surface area contributed by atoms with Crippen molar-refractivity contribution in [1.29, 1.82) is 0 Å². The Hall–Kier alpha value is -0.590. The summed E-state index contributed by atoms with van der Waals surface area (Å²) in [6.07, 6.45) is 0. The van der Waals surface area contributed by atoms with E-state index in [1.54, 1.807) is 18.2 Å². The summed E-state index contributed by atoms with van der Waals surface area (Å²) in [5.41, 5.74) is 6.23. The molecular weight excluding hydrogens is 371 g/mol. The van der Waals surface area contributed by atoms with E-state index in [0.717, 1.165) is 9.35 Å². The van der Waals surface area contributed by atoms with Crippen LogP contribution in [0.3, 0.4) is 0 Å². The Kier molecular flexibility index (Phi) is 4.86. The molecule has 100 valence electrons. The highest BCUT2D eigenvalue weighted by Gasteiger charge is 2.19. The summed E-state index contributed by atoms with van der Waals surface area (Å²) < 4.78 is 0.739. The number of nitrogens with one attached hydrogen (secondary N) is 1. The van der Waals surface area contributed by atoms with Crippen molar-refractivity contribution < 1.29 is 4.79 Å². The molecule has 19 heavy (non-hydrogen) atoms. The molecule has 3 N–H and O–H groups in total. The molecule has 2 rings (SSSR count). The monoisotopic (exact) mass is 378 g/mol. The lowest BCUT2D eigenvalue weighted by molar-refractivity contribution is -0.117. The van der Waals surface area contributed by atoms with Crippen molar-refractivity contribution in [2.45, 2.75) is 6.04 Å². The molecule has 0 radical (unpaired) electrons. The van der Waals surface area contributed by atoms with Crippen LogP contribution in [0.5, 0.6) is 0 Å². The van der Waals surface area contributed by atoms with Gasteiger partial charge in [-0.3, -0.25) is 4.79 Å². The zero-order valence-corrected chi connectivity index (χ0v) is 13.4. The number of hydrogen-bond donors (Lipinski definition) is 2. The highest BCUT2D eigenvalue weighted by atomic mass is 79.9. The predicted octanol–water partition coefficient (Wildman–Crippen LogP) is 4.46. The quantitative estimate of drug-likeness (QED) is 0.827. The topological polar surface area (TPSA) is 55.1 Å². The molecule has 0 fully saturated rings. The van der Waals surface area contributed by atoms with Crippen molar-refractivity contribution in [2.75, 3.05) is 5.32 Å². The van der Waals surface area contributed by atoms with E-state index < -0.39 is 6.04 Å². The van der Waals surface area contributed by atoms with Gasteiger partial charge in [0.05, 0.1) is 15.7 Å². The number of nitrogens with two attached hydrogens (primary N) is 1. The van der Waals surface area contributed by atoms with E-state index in [4.69, 9.17) is 28.9 Å². The van der Waals surface area contributed by atoms with Gasteiger partial charge in [-0.1, -0.05) is 45.2 Å². The van der Waals surface area contributed by atoms with Crippen molar-refractivity contribution in [1.82, 2.24) is 0 Å². The minimum atomic E-state index is -0.740. The first-order valence-electron chi connectivity index (χ1n) is 5.23. The molecule has 2 aromatic rings. The van der Waals surface area contributed by atoms with Crippen LogP contribution in [-0.4, -0.2) is 5.91 Å². The van der Waals surface area contributed by atoms with Crippen LogP contribution in [0.15, 0.2) is 34.1 Å². The molecule has 1 amide bonds. The lowest BCUT2D eigenvalue weighted by Gasteiger charge is -2.13. The van der Waals surface area contributed by atoms with Gasteiger partial charge in [-0.05, 0) is 23.6 Å². The summed E-state index contributed by atoms with van der Waals surface area (Å²) in [4.78, 5) is 12.8. The molecule has 1 aromatic heterocycles. The molecule has 1 unspecified atom stereocenters. The smallest absolute Gasteiger partial charge is 0.246 e. The molecule has 0 saturated heterocycles. The second-order valence-corrected chi connectivity index (χ2v) is 6.44. The van der Waals surface area contributed by atoms with Crippen molar-refractivity contribution in [3.63, 3.8) is 0 Å². The largest absolute Gasteiger partial charge is 0.322 e. The van der Waals surface area contributed by atoms with Crippen molar-refractivity contribution >= 4 is 62.1 Å². The minimum Gasteiger partial charge on any atom is -0.322 e. The van der Waals surface area contributed by atoms with Crippen LogP contribution in [0.25, 0.3) is 0 Å². The summed E-state index contributed by atoms with van der Waals surface area (Å²) in [5.74, 6) is -0.353. The lowest BCUT2D eigenvalue weighted by atomic mass is 10.2. The second-order valence-electron chi connectivity index (χ2n) is 3.73. The molecule has 0 saturated carbocycles. The lowest BCUT2D eigenvalue weighted by Crippen LogP contribution is -2.27. The Bertz CT molecular complexity index is 581. The Balaban J connectivity index is 2.20. The zero-order chi connectivity index (χ0) is 14.0. The Labute approximate surface area is 132 Å². The Morgan fingerprint density at radius 3 is 2.53 bits per heavy atom. The fourth-order valence-electron chi connectivity index (χ4n) is 1.46. The van der Waals surface area contributed by atoms with Crippen LogP contribution in [0.2, 0.25) is 10.0 Å². The molecule has 1 heterocycles. The molecule has 0 aliphatic carbocycles. The number of hydrogen-bond acceptors (Lipinski definition) is 3. The second kappa shape index (κ2) is 6.24. The third kappa shape index (κ3) is 3.49. The third-order valence-electron chi connectivity index (χ3n) is 2.39. The maximum absolute atomic E-state index is 12.0. The van der Waals surface area contributed by atoms with Crippen LogP contribution in [0.4, 0.5) is 5.69 Å². The molecular formula is C12H9BrCl2N2OS. The number of thiophene rings is 1. The van der Waals surface area contributed by atoms with E-state index in [0.29, 0.717) is 15.7 Å². The third-order valence-corrected chi connectivity index (χ3v) is 4.40. The van der Waals surface area contributed by atoms with Gasteiger partial charge in [-0.15, -0.1) is 11.3 Å². The van der Waals surface area contributed by atoms with E-state index in [1.165, 1.54) is 11.3 Å². The van der Waals surface area contributed by atoms with Crippen LogP contribution in [0, 0.1) is 0 Å². The number of benzene rings is 1. The highest BCUT2D eigenvalue weighted by molar-refractivity contribution is 9.10. The summed E-state index contributed by atoms with van der Waals surface area (Å²) in [6.45, 7) is 0. The van der Waals surface area contributed by atoms with Gasteiger partial charge in [0.25, 0.3) is 0 Å². The number of halogens is 3. The first-order valence-corrected chi connectivity index (χ1v) is 7.66. The zero-order valence-electron chi connectivity index (χ0n) is 9.49. The van der Waals surface area contributed by atoms with Gasteiger partial charge in [0.15, 0.2) is 0 Å². The average Bonchev–Trinajstić information content (AvgIpc) is 2.86. The number of rotatable bonds is 3. The van der Waals surface area contributed by atoms with Gasteiger partial charge in [0.1, 0.15) is 6.04 Å². The van der Waals surface area contributed by atoms with E-state index in [1.807, 2.05) is 11.4 Å². The molecule has 0 bridgehead atoms. The minimum absolute atomic E-state index is 0.353. The van der Waals surface area contributed by atoms with Gasteiger partial charge in [-0.25, -0.2) is 0 Å². The Morgan fingerprint density at radius 1 is 1.37 bits per heavy atom. The number of carbonyl (C=O) groups is 1. The summed E-state index contributed by atoms with van der Waals surface area (Å²) in [7, 11) is 0. The van der Waals surface area contributed by atoms with Crippen LogP contribution in [0.1, 0.15) is 10.9 Å². The summed E-state index contributed by atoms with van der Waals surface area (Å²) in [5, 5.41) is 5.22. The normalized spacial score (nSPS) is 12.2. The number of amides is 1. The first kappa shape index (κ1) is 14.8. The maximum atomic E-state index is 12.0. The number of carbonyl (C=O) groups excluding carboxylic acids is 1. The van der Waals surface area contributed by atoms with Gasteiger partial charge >= 0.3 is 0 Å². The van der Waals surface area contributed by atoms with Gasteiger partial charge in [0, 0.05) is 9.35 Å². The van der Waals surface area contributed by atoms with Crippen LogP contribution in [-0.2, 0) is 4.79 Å². The predicted molar refractivity (Wildman–Crippen MR) is 84.0 cm³/mol. The van der Waals surface area contributed by atoms with Crippen LogP contribution < -0.4 is 11.1 Å². The van der Waals surface area contributed by atoms with Gasteiger partial charge < -0.3 is 11.1 Å². The van der Waals surface area contributed by atoms with Crippen molar-refractivity contribution in [3.8, 4) is 0 Å². The van der Waals surface area contributed by atoms with Gasteiger partial charge in [-0.2, -0.15) is 0 Å². The van der Waals surface area contributed by atoms with E-state index in [9.17, 15) is 4.79 Å². The summed E-state index contributed by atoms with van der Waals surface area (Å²) >= 11 is 16.8. The standard InChI is InChI=1S/C12H9BrCl2N2OS/c13-6-4-7(14)11(8(15)5-6)17-12(18)10(16)9-2-1-3-19-9/h1-5,10H,16H2,(H,17,18). The van der Waals surface area contributed by atoms with Gasteiger partial charge in [0.2, 0.25) is 5.91 Å². The fourth-order valence-corrected chi connectivity index (χ4v) is 3.49. The molecule has 3 nitrogen and oxygen atoms in total. The van der Waals surface area contributed by atoms with E-state index in [-0.39, 0.29) is 5.91 Å². The average molecular weight is 380 g/mol. The molecule has 7 heteroatoms. The van der Waals surface area contributed by atoms with E-state index in [2.05, 4.69) is 21.2 Å². The van der Waals surface area contributed by atoms with E-state index >= 15 is 0 Å². The maximum Gasteiger partial charge on any atom is 0.246 e. The molecule has 0 spiro atoms. The fraction of sp³-hybridized carbons (Fsp3) is 0.0833. The highest BCUT2D eigenvalue weighted by Crippen LogP contribution is 2.34. The Morgan fingerprint density at radius 2 is 2.00 bits per heavy atom. The molecule has 0 aliphatic heterocycles. The summed E-state index contributed by atoms with van der Waals surface area (Å²) in [6, 6.07) is 6.21. The number of anilines is 1. The first-order chi connectivity index (χ1) is 8.99. The van der Waals surface area contributed by atoms with Crippen molar-refractivity contribution in [2.24, 2.45) is 5.73 Å². The molecule has 1 aromatic carbocycles. The SMILES string of the molecule is NC(C(=O)Nc1c(Cl)cc(Br)cc1Cl)c1cccs1.